The number of para-hydroxylation sites is 8. The van der Waals surface area contributed by atoms with Crippen molar-refractivity contribution in [2.24, 2.45) is 5.92 Å². The number of amides is 3. The molecule has 3 fully saturated rings. The summed E-state index contributed by atoms with van der Waals surface area (Å²) in [6, 6.07) is 72.1. The summed E-state index contributed by atoms with van der Waals surface area (Å²) in [5, 5.41) is 0. The van der Waals surface area contributed by atoms with Crippen molar-refractivity contribution in [2.75, 3.05) is 143 Å². The van der Waals surface area contributed by atoms with Crippen molar-refractivity contribution in [3.63, 3.8) is 0 Å². The number of benzene rings is 9. The summed E-state index contributed by atoms with van der Waals surface area (Å²) in [5.74, 6) is 2.90. The largest absolute Gasteiger partial charge is 0.496 e. The first-order valence-electron chi connectivity index (χ1n) is 36.6. The van der Waals surface area contributed by atoms with Crippen LogP contribution in [0.3, 0.4) is 0 Å². The van der Waals surface area contributed by atoms with Crippen LogP contribution >= 0.6 is 0 Å². The highest BCUT2D eigenvalue weighted by atomic mass is 19.4. The molecule has 3 amide bonds. The lowest BCUT2D eigenvalue weighted by molar-refractivity contribution is -0.153. The average Bonchev–Trinajstić information content (AvgIpc) is 1.64. The van der Waals surface area contributed by atoms with Gasteiger partial charge in [0.1, 0.15) is 17.2 Å². The molecule has 15 nitrogen and oxygen atoms in total. The number of nitrogens with zero attached hydrogens (tertiary/aromatic N) is 9. The van der Waals surface area contributed by atoms with E-state index in [0.717, 1.165) is 169 Å². The molecule has 0 aromatic heterocycles. The molecule has 9 aromatic rings. The molecular weight excluding hydrogens is 1310 g/mol. The van der Waals surface area contributed by atoms with Gasteiger partial charge in [-0.15, -0.1) is 0 Å². The maximum Gasteiger partial charge on any atom is 0.422 e. The number of rotatable bonds is 19. The predicted molar refractivity (Wildman–Crippen MR) is 408 cm³/mol. The number of alkyl halides is 3. The summed E-state index contributed by atoms with van der Waals surface area (Å²) < 4.78 is 54.6. The maximum atomic E-state index is 13.3. The Morgan fingerprint density at radius 1 is 0.365 bits per heavy atom. The molecule has 0 unspecified atom stereocenters. The second-order valence-electron chi connectivity index (χ2n) is 28.0. The molecule has 3 saturated heterocycles. The third kappa shape index (κ3) is 18.3. The number of halogens is 3. The van der Waals surface area contributed by atoms with Crippen molar-refractivity contribution >= 4 is 46.2 Å². The second-order valence-corrected chi connectivity index (χ2v) is 28.0. The van der Waals surface area contributed by atoms with E-state index in [1.807, 2.05) is 130 Å². The molecule has 0 aliphatic carbocycles. The number of fused-ring (bicyclic) bond motifs is 3. The Hall–Kier alpha value is -9.98. The van der Waals surface area contributed by atoms with Crippen LogP contribution in [0.1, 0.15) is 83.9 Å². The van der Waals surface area contributed by atoms with Gasteiger partial charge in [-0.2, -0.15) is 13.2 Å². The SMILES string of the molecule is CC(C)COc1ccccc1N1CCN(Cc2cccc(C(=O)N3CCc4ccccc43)c2)CC1.COc1ccccc1CN1CCN(Cc2cccc(C(=O)N3CCc4ccccc43)c2)CC1.O=C(c1cccc(CN2CCN(c3ccccc3OCC(F)(F)F)CC2)c1)N1CCc2ccccc21. The van der Waals surface area contributed by atoms with Crippen molar-refractivity contribution < 1.29 is 41.8 Å². The molecular formula is C86H94F3N9O6. The van der Waals surface area contributed by atoms with E-state index in [1.165, 1.54) is 39.1 Å². The minimum atomic E-state index is -4.38. The van der Waals surface area contributed by atoms with Crippen molar-refractivity contribution in [3.05, 3.63) is 274 Å². The molecule has 15 rings (SSSR count). The van der Waals surface area contributed by atoms with E-state index in [4.69, 9.17) is 14.2 Å². The molecule has 18 heteroatoms. The summed E-state index contributed by atoms with van der Waals surface area (Å²) in [6.45, 7) is 20.2. The van der Waals surface area contributed by atoms with Gasteiger partial charge < -0.3 is 38.7 Å². The van der Waals surface area contributed by atoms with Crippen LogP contribution in [0.2, 0.25) is 0 Å². The molecule has 0 N–H and O–H groups in total. The van der Waals surface area contributed by atoms with Crippen molar-refractivity contribution in [1.82, 2.24) is 19.6 Å². The number of carbonyl (C=O) groups is 3. The Morgan fingerprint density at radius 3 is 1.07 bits per heavy atom. The average molecular weight is 1410 g/mol. The van der Waals surface area contributed by atoms with Crippen LogP contribution in [0, 0.1) is 5.92 Å². The molecule has 0 bridgehead atoms. The summed E-state index contributed by atoms with van der Waals surface area (Å²) in [4.78, 5) is 59.6. The normalized spacial score (nSPS) is 16.2. The quantitative estimate of drug-likeness (QED) is 0.0769. The Labute approximate surface area is 610 Å². The van der Waals surface area contributed by atoms with Gasteiger partial charge in [0.2, 0.25) is 0 Å². The van der Waals surface area contributed by atoms with E-state index >= 15 is 0 Å². The highest BCUT2D eigenvalue weighted by molar-refractivity contribution is 6.09. The van der Waals surface area contributed by atoms with Gasteiger partial charge in [0, 0.05) is 164 Å². The lowest BCUT2D eigenvalue weighted by Gasteiger charge is -2.36. The highest BCUT2D eigenvalue weighted by Gasteiger charge is 2.32. The minimum Gasteiger partial charge on any atom is -0.496 e. The Morgan fingerprint density at radius 2 is 0.692 bits per heavy atom. The number of carbonyl (C=O) groups excluding carboxylic acids is 3. The number of piperazine rings is 3. The third-order valence-electron chi connectivity index (χ3n) is 20.3. The summed E-state index contributed by atoms with van der Waals surface area (Å²) in [7, 11) is 1.73. The van der Waals surface area contributed by atoms with Gasteiger partial charge in [-0.1, -0.05) is 147 Å². The zero-order chi connectivity index (χ0) is 71.9. The van der Waals surface area contributed by atoms with Crippen LogP contribution in [-0.4, -0.2) is 162 Å². The summed E-state index contributed by atoms with van der Waals surface area (Å²) in [6.07, 6.45) is -1.64. The number of hydrogen-bond acceptors (Lipinski definition) is 12. The second kappa shape index (κ2) is 34.1. The molecule has 9 aromatic carbocycles. The van der Waals surface area contributed by atoms with Crippen molar-refractivity contribution in [2.45, 2.75) is 65.5 Å². The van der Waals surface area contributed by atoms with Crippen LogP contribution in [0.4, 0.5) is 41.6 Å². The van der Waals surface area contributed by atoms with E-state index in [-0.39, 0.29) is 23.5 Å². The smallest absolute Gasteiger partial charge is 0.422 e. The molecule has 0 atom stereocenters. The Bertz CT molecular complexity index is 4390. The molecule has 540 valence electrons. The van der Waals surface area contributed by atoms with Crippen LogP contribution in [0.25, 0.3) is 0 Å². The first-order valence-corrected chi connectivity index (χ1v) is 36.6. The third-order valence-corrected chi connectivity index (χ3v) is 20.3. The highest BCUT2D eigenvalue weighted by Crippen LogP contribution is 2.36. The topological polar surface area (TPSA) is 108 Å². The van der Waals surface area contributed by atoms with Crippen LogP contribution in [-0.2, 0) is 45.4 Å². The van der Waals surface area contributed by atoms with E-state index < -0.39 is 12.8 Å². The number of anilines is 5. The standard InChI is InChI=1S/C30H35N3O2.C28H28F3N3O2.C28H31N3O2/c1-23(2)22-35-29-13-6-5-12-28(29)32-18-16-31(17-19-32)21-24-8-7-10-26(20-24)30(34)33-15-14-25-9-3-4-11-27(25)33;29-28(30,31)20-36-26-11-4-3-10-25(26)33-16-14-32(15-17-33)19-21-6-5-8-23(18-21)27(35)34-13-12-22-7-1-2-9-24(22)34;1-33-27-12-5-3-9-25(27)21-30-17-15-29(16-18-30)20-22-7-6-10-24(19-22)28(32)31-14-13-23-8-2-4-11-26(23)31/h3-13,20,23H,14-19,21-22H2,1-2H3;1-11,18H,12-17,19-20H2;2-12,19H,13-18,20-21H2,1H3. The Kier molecular flexibility index (Phi) is 23.7. The van der Waals surface area contributed by atoms with Gasteiger partial charge in [0.25, 0.3) is 17.7 Å². The number of ether oxygens (including phenoxy) is 3. The molecule has 6 aliphatic heterocycles. The van der Waals surface area contributed by atoms with E-state index in [0.29, 0.717) is 43.3 Å². The fourth-order valence-corrected chi connectivity index (χ4v) is 14.9. The zero-order valence-corrected chi connectivity index (χ0v) is 59.9. The van der Waals surface area contributed by atoms with E-state index in [9.17, 15) is 27.6 Å². The number of hydrogen-bond donors (Lipinski definition) is 0. The molecule has 104 heavy (non-hydrogen) atoms. The van der Waals surface area contributed by atoms with E-state index in [1.54, 1.807) is 25.3 Å². The predicted octanol–water partition coefficient (Wildman–Crippen LogP) is 14.6. The molecule has 0 radical (unpaired) electrons. The fourth-order valence-electron chi connectivity index (χ4n) is 14.9. The lowest BCUT2D eigenvalue weighted by Crippen LogP contribution is -2.46. The molecule has 0 saturated carbocycles. The minimum absolute atomic E-state index is 0.0158. The fraction of sp³-hybridized carbons (Fsp3) is 0.337. The van der Waals surface area contributed by atoms with Crippen LogP contribution in [0.15, 0.2) is 218 Å². The van der Waals surface area contributed by atoms with Gasteiger partial charge >= 0.3 is 6.18 Å². The lowest BCUT2D eigenvalue weighted by atomic mass is 10.1. The monoisotopic (exact) mass is 1410 g/mol. The van der Waals surface area contributed by atoms with Crippen molar-refractivity contribution in [3.8, 4) is 17.2 Å². The van der Waals surface area contributed by atoms with Gasteiger partial charge in [-0.05, 0) is 143 Å². The molecule has 0 spiro atoms. The molecule has 6 aliphatic rings. The van der Waals surface area contributed by atoms with Gasteiger partial charge in [-0.25, -0.2) is 0 Å². The maximum absolute atomic E-state index is 13.3. The first kappa shape index (κ1) is 72.4. The van der Waals surface area contributed by atoms with Gasteiger partial charge in [0.05, 0.1) is 25.1 Å². The van der Waals surface area contributed by atoms with E-state index in [2.05, 4.69) is 128 Å². The van der Waals surface area contributed by atoms with Crippen molar-refractivity contribution in [1.29, 1.82) is 0 Å². The van der Waals surface area contributed by atoms with Crippen LogP contribution < -0.4 is 38.7 Å². The van der Waals surface area contributed by atoms with Gasteiger partial charge in [0.15, 0.2) is 6.61 Å². The van der Waals surface area contributed by atoms with Crippen LogP contribution in [0.5, 0.6) is 17.2 Å². The Balaban J connectivity index is 0.000000139. The number of methoxy groups -OCH3 is 1. The zero-order valence-electron chi connectivity index (χ0n) is 59.9. The summed E-state index contributed by atoms with van der Waals surface area (Å²) in [5.41, 5.74) is 15.6. The molecule has 6 heterocycles. The van der Waals surface area contributed by atoms with Gasteiger partial charge in [-0.3, -0.25) is 34.0 Å². The first-order chi connectivity index (χ1) is 50.7. The summed E-state index contributed by atoms with van der Waals surface area (Å²) >= 11 is 0.